The number of hydrogen-bond acceptors (Lipinski definition) is 4. The molecule has 0 bridgehead atoms. The van der Waals surface area contributed by atoms with Gasteiger partial charge in [-0.1, -0.05) is 18.7 Å². The van der Waals surface area contributed by atoms with Crippen LogP contribution in [0.1, 0.15) is 25.7 Å². The quantitative estimate of drug-likeness (QED) is 0.683. The lowest BCUT2D eigenvalue weighted by Crippen LogP contribution is -2.38. The maximum absolute atomic E-state index is 4.59. The van der Waals surface area contributed by atoms with Gasteiger partial charge in [0.15, 0.2) is 0 Å². The standard InChI is InChI=1S/C23H25N5/c1-15(13-28-21-6-5-20-7-8-23(20,21)28)26-22-10-18-9-16(3-4-17(18)11-24-22)19-12-25-27(2)14-19/h3-4,9-12,14,20-21H,1,5-8,13H2,2H3,(H,24,26). The van der Waals surface area contributed by atoms with Gasteiger partial charge >= 0.3 is 0 Å². The summed E-state index contributed by atoms with van der Waals surface area (Å²) < 4.78 is 1.83. The Bertz CT molecular complexity index is 1100. The number of nitrogens with zero attached hydrogens (tertiary/aromatic N) is 4. The van der Waals surface area contributed by atoms with Crippen molar-refractivity contribution < 1.29 is 0 Å². The maximum atomic E-state index is 4.59. The van der Waals surface area contributed by atoms with Gasteiger partial charge in [0.1, 0.15) is 5.82 Å². The van der Waals surface area contributed by atoms with E-state index >= 15 is 0 Å². The molecule has 142 valence electrons. The second-order valence-corrected chi connectivity index (χ2v) is 8.71. The van der Waals surface area contributed by atoms with Gasteiger partial charge in [0.25, 0.3) is 0 Å². The van der Waals surface area contributed by atoms with Crippen molar-refractivity contribution in [1.29, 1.82) is 0 Å². The highest BCUT2D eigenvalue weighted by Gasteiger charge is 2.73. The lowest BCUT2D eigenvalue weighted by molar-refractivity contribution is 0.166. The van der Waals surface area contributed by atoms with Gasteiger partial charge in [-0.15, -0.1) is 0 Å². The third-order valence-corrected chi connectivity index (χ3v) is 7.24. The molecule has 3 aromatic rings. The summed E-state index contributed by atoms with van der Waals surface area (Å²) in [5.74, 6) is 1.82. The Morgan fingerprint density at radius 1 is 1.18 bits per heavy atom. The average molecular weight is 371 g/mol. The molecule has 4 atom stereocenters. The number of anilines is 1. The SMILES string of the molecule is C=C(CN1C2CCC3CCC321)Nc1cc2cc(-c3cnn(C)c3)ccc2cn1. The zero-order valence-corrected chi connectivity index (χ0v) is 16.2. The first-order valence-corrected chi connectivity index (χ1v) is 10.2. The molecule has 5 nitrogen and oxygen atoms in total. The number of hydrogen-bond donors (Lipinski definition) is 1. The van der Waals surface area contributed by atoms with Crippen molar-refractivity contribution in [2.24, 2.45) is 13.0 Å². The van der Waals surface area contributed by atoms with Gasteiger partial charge in [-0.3, -0.25) is 9.58 Å². The van der Waals surface area contributed by atoms with E-state index in [0.717, 1.165) is 41.0 Å². The second kappa shape index (κ2) is 5.67. The molecule has 2 aliphatic carbocycles. The van der Waals surface area contributed by atoms with E-state index in [2.05, 4.69) is 51.1 Å². The van der Waals surface area contributed by atoms with Gasteiger partial charge in [-0.25, -0.2) is 4.98 Å². The molecule has 3 heterocycles. The Labute approximate surface area is 165 Å². The summed E-state index contributed by atoms with van der Waals surface area (Å²) in [5, 5.41) is 10.0. The summed E-state index contributed by atoms with van der Waals surface area (Å²) in [6.45, 7) is 5.22. The van der Waals surface area contributed by atoms with Gasteiger partial charge < -0.3 is 5.32 Å². The largest absolute Gasteiger partial charge is 0.343 e. The maximum Gasteiger partial charge on any atom is 0.130 e. The molecule has 2 saturated carbocycles. The van der Waals surface area contributed by atoms with Crippen molar-refractivity contribution in [1.82, 2.24) is 19.7 Å². The minimum Gasteiger partial charge on any atom is -0.343 e. The first-order valence-electron chi connectivity index (χ1n) is 10.2. The van der Waals surface area contributed by atoms with E-state index in [1.807, 2.05) is 30.3 Å². The van der Waals surface area contributed by atoms with Crippen LogP contribution in [0.5, 0.6) is 0 Å². The predicted octanol–water partition coefficient (Wildman–Crippen LogP) is 4.19. The lowest BCUT2D eigenvalue weighted by Gasteiger charge is -2.36. The molecule has 0 amide bonds. The van der Waals surface area contributed by atoms with Crippen molar-refractivity contribution in [3.05, 3.63) is 55.1 Å². The number of rotatable bonds is 5. The molecule has 1 spiro atoms. The van der Waals surface area contributed by atoms with Crippen LogP contribution in [0.3, 0.4) is 0 Å². The molecular formula is C23H25N5. The Balaban J connectivity index is 1.20. The van der Waals surface area contributed by atoms with E-state index in [1.54, 1.807) is 0 Å². The number of aromatic nitrogens is 3. The fraction of sp³-hybridized carbons (Fsp3) is 0.391. The molecule has 1 N–H and O–H groups in total. The number of piperidine rings is 1. The van der Waals surface area contributed by atoms with Crippen LogP contribution in [0.4, 0.5) is 5.82 Å². The number of nitrogens with one attached hydrogen (secondary N) is 1. The highest BCUT2D eigenvalue weighted by molar-refractivity contribution is 5.88. The fourth-order valence-electron chi connectivity index (χ4n) is 5.74. The number of aryl methyl sites for hydroxylation is 1. The minimum atomic E-state index is 0.556. The first-order chi connectivity index (χ1) is 13.6. The van der Waals surface area contributed by atoms with Crippen molar-refractivity contribution in [2.75, 3.05) is 11.9 Å². The summed E-state index contributed by atoms with van der Waals surface area (Å²) >= 11 is 0. The fourth-order valence-corrected chi connectivity index (χ4v) is 5.74. The Hall–Kier alpha value is -2.66. The van der Waals surface area contributed by atoms with Crippen LogP contribution in [-0.2, 0) is 7.05 Å². The van der Waals surface area contributed by atoms with Crippen LogP contribution >= 0.6 is 0 Å². The number of pyridine rings is 1. The normalized spacial score (nSPS) is 29.8. The van der Waals surface area contributed by atoms with E-state index in [9.17, 15) is 0 Å². The number of fused-ring (bicyclic) bond motifs is 1. The zero-order valence-electron chi connectivity index (χ0n) is 16.2. The van der Waals surface area contributed by atoms with Crippen molar-refractivity contribution in [2.45, 2.75) is 37.3 Å². The van der Waals surface area contributed by atoms with Crippen LogP contribution in [-0.4, -0.2) is 37.8 Å². The van der Waals surface area contributed by atoms with Crippen molar-refractivity contribution >= 4 is 16.6 Å². The molecular weight excluding hydrogens is 346 g/mol. The Kier molecular flexibility index (Phi) is 3.30. The van der Waals surface area contributed by atoms with E-state index in [1.165, 1.54) is 36.6 Å². The van der Waals surface area contributed by atoms with Crippen LogP contribution < -0.4 is 5.32 Å². The zero-order chi connectivity index (χ0) is 18.9. The van der Waals surface area contributed by atoms with Crippen LogP contribution in [0.25, 0.3) is 21.9 Å². The summed E-state index contributed by atoms with van der Waals surface area (Å²) in [6, 6.07) is 9.38. The van der Waals surface area contributed by atoms with Gasteiger partial charge in [0, 0.05) is 54.2 Å². The summed E-state index contributed by atoms with van der Waals surface area (Å²) in [5.41, 5.74) is 3.90. The molecule has 0 radical (unpaired) electrons. The monoisotopic (exact) mass is 371 g/mol. The molecule has 4 unspecified atom stereocenters. The Morgan fingerprint density at radius 3 is 2.86 bits per heavy atom. The van der Waals surface area contributed by atoms with E-state index in [-0.39, 0.29) is 0 Å². The highest BCUT2D eigenvalue weighted by atomic mass is 15.4. The lowest BCUT2D eigenvalue weighted by atomic mass is 9.74. The molecule has 3 aliphatic rings. The van der Waals surface area contributed by atoms with Crippen molar-refractivity contribution in [3.8, 4) is 11.1 Å². The van der Waals surface area contributed by atoms with Gasteiger partial charge in [0.2, 0.25) is 0 Å². The molecule has 6 rings (SSSR count). The molecule has 1 aliphatic heterocycles. The summed E-state index contributed by atoms with van der Waals surface area (Å²) in [4.78, 5) is 7.26. The summed E-state index contributed by atoms with van der Waals surface area (Å²) in [6.07, 6.45) is 11.5. The smallest absolute Gasteiger partial charge is 0.130 e. The van der Waals surface area contributed by atoms with Gasteiger partial charge in [0.05, 0.1) is 6.20 Å². The molecule has 1 aromatic carbocycles. The van der Waals surface area contributed by atoms with Crippen molar-refractivity contribution in [3.63, 3.8) is 0 Å². The molecule has 5 heteroatoms. The van der Waals surface area contributed by atoms with Gasteiger partial charge in [-0.2, -0.15) is 5.10 Å². The van der Waals surface area contributed by atoms with Gasteiger partial charge in [-0.05, 0) is 54.7 Å². The van der Waals surface area contributed by atoms with E-state index < -0.39 is 0 Å². The Morgan fingerprint density at radius 2 is 2.11 bits per heavy atom. The topological polar surface area (TPSA) is 45.8 Å². The van der Waals surface area contributed by atoms with Crippen LogP contribution in [0.2, 0.25) is 0 Å². The third-order valence-electron chi connectivity index (χ3n) is 7.24. The molecule has 28 heavy (non-hydrogen) atoms. The number of likely N-dealkylation sites (tertiary alicyclic amines) is 1. The first kappa shape index (κ1) is 16.3. The van der Waals surface area contributed by atoms with E-state index in [4.69, 9.17) is 0 Å². The average Bonchev–Trinajstić information content (AvgIpc) is 2.95. The minimum absolute atomic E-state index is 0.556. The molecule has 2 aromatic heterocycles. The van der Waals surface area contributed by atoms with Crippen LogP contribution in [0.15, 0.2) is 55.1 Å². The molecule has 3 fully saturated rings. The third kappa shape index (κ3) is 2.29. The number of benzene rings is 1. The predicted molar refractivity (Wildman–Crippen MR) is 112 cm³/mol. The highest BCUT2D eigenvalue weighted by Crippen LogP contribution is 2.66. The van der Waals surface area contributed by atoms with Crippen LogP contribution in [0, 0.1) is 5.92 Å². The summed E-state index contributed by atoms with van der Waals surface area (Å²) in [7, 11) is 1.94. The van der Waals surface area contributed by atoms with E-state index in [0.29, 0.717) is 5.54 Å². The molecule has 1 saturated heterocycles. The second-order valence-electron chi connectivity index (χ2n) is 8.71.